The van der Waals surface area contributed by atoms with Crippen LogP contribution in [-0.2, 0) is 4.79 Å². The van der Waals surface area contributed by atoms with Crippen LogP contribution in [-0.4, -0.2) is 50.5 Å². The molecule has 0 bridgehead atoms. The third kappa shape index (κ3) is 5.68. The second kappa shape index (κ2) is 9.61. The molecule has 1 aliphatic carbocycles. The summed E-state index contributed by atoms with van der Waals surface area (Å²) in [6, 6.07) is 7.66. The molecule has 35 heavy (non-hydrogen) atoms. The van der Waals surface area contributed by atoms with Crippen molar-refractivity contribution in [3.63, 3.8) is 0 Å². The number of amides is 2. The number of aromatic nitrogens is 3. The lowest BCUT2D eigenvalue weighted by atomic mass is 9.98. The first-order valence-corrected chi connectivity index (χ1v) is 10.8. The van der Waals surface area contributed by atoms with Gasteiger partial charge in [-0.1, -0.05) is 42.5 Å². The quantitative estimate of drug-likeness (QED) is 0.486. The van der Waals surface area contributed by atoms with Crippen molar-refractivity contribution in [3.8, 4) is 11.1 Å². The van der Waals surface area contributed by atoms with Crippen LogP contribution in [0.15, 0.2) is 61.0 Å². The summed E-state index contributed by atoms with van der Waals surface area (Å²) in [6.07, 6.45) is 4.66. The van der Waals surface area contributed by atoms with Crippen LogP contribution < -0.4 is 10.6 Å². The lowest BCUT2D eigenvalue weighted by Crippen LogP contribution is -2.44. The molecule has 8 nitrogen and oxygen atoms in total. The molecule has 2 heterocycles. The number of aliphatic carboxylic acids is 1. The normalized spacial score (nSPS) is 16.6. The maximum Gasteiger partial charge on any atom is 0.405 e. The number of nitrogens with zero attached hydrogens (tertiary/aromatic N) is 3. The molecule has 4 rings (SSSR count). The Morgan fingerprint density at radius 3 is 2.63 bits per heavy atom. The summed E-state index contributed by atoms with van der Waals surface area (Å²) in [5.74, 6) is -1.50. The van der Waals surface area contributed by atoms with Gasteiger partial charge in [-0.3, -0.25) is 4.79 Å². The minimum atomic E-state index is -4.48. The Balaban J connectivity index is 1.51. The van der Waals surface area contributed by atoms with Crippen molar-refractivity contribution in [2.75, 3.05) is 6.54 Å². The molecule has 2 aromatic heterocycles. The van der Waals surface area contributed by atoms with Crippen LogP contribution in [0, 0.1) is 0 Å². The Kier molecular flexibility index (Phi) is 6.59. The van der Waals surface area contributed by atoms with Crippen molar-refractivity contribution in [1.29, 1.82) is 0 Å². The predicted molar refractivity (Wildman–Crippen MR) is 123 cm³/mol. The Labute approximate surface area is 198 Å². The molecule has 3 N–H and O–H groups in total. The van der Waals surface area contributed by atoms with Gasteiger partial charge in [0.1, 0.15) is 6.54 Å². The zero-order valence-electron chi connectivity index (χ0n) is 18.6. The van der Waals surface area contributed by atoms with Crippen LogP contribution in [0.2, 0.25) is 0 Å². The van der Waals surface area contributed by atoms with Gasteiger partial charge in [0, 0.05) is 5.56 Å². The number of allylic oxidation sites excluding steroid dienone is 2. The highest BCUT2D eigenvalue weighted by Crippen LogP contribution is 2.26. The molecule has 0 spiro atoms. The Hall–Kier alpha value is -4.15. The van der Waals surface area contributed by atoms with E-state index in [2.05, 4.69) is 15.4 Å². The summed E-state index contributed by atoms with van der Waals surface area (Å²) in [6.45, 7) is 0.221. The maximum atomic E-state index is 12.3. The maximum absolute atomic E-state index is 12.3. The van der Waals surface area contributed by atoms with Crippen molar-refractivity contribution >= 4 is 23.2 Å². The average molecular weight is 485 g/mol. The molecule has 2 unspecified atom stereocenters. The first kappa shape index (κ1) is 24.0. The molecule has 182 valence electrons. The summed E-state index contributed by atoms with van der Waals surface area (Å²) < 4.78 is 38.5. The standard InChI is InChI=1S/C24H22F3N5O3/c1-14(22(33)34)15-5-7-16(8-6-15)18-10-21-28-12-20(32(21)30-11-18)17-3-2-4-19(9-17)31-23(35)29-13-24(25,26)27/h2-3,5-12,14,19H,4,13H2,1H3,(H,33,34)(H2,29,31,35). The number of nitrogens with one attached hydrogen (secondary N) is 2. The van der Waals surface area contributed by atoms with E-state index in [0.29, 0.717) is 23.3 Å². The molecule has 0 aliphatic heterocycles. The molecule has 11 heteroatoms. The van der Waals surface area contributed by atoms with E-state index in [9.17, 15) is 22.8 Å². The first-order valence-electron chi connectivity index (χ1n) is 10.8. The number of alkyl halides is 3. The van der Waals surface area contributed by atoms with Gasteiger partial charge < -0.3 is 15.7 Å². The average Bonchev–Trinajstić information content (AvgIpc) is 3.25. The van der Waals surface area contributed by atoms with Crippen molar-refractivity contribution in [2.24, 2.45) is 0 Å². The van der Waals surface area contributed by atoms with E-state index in [4.69, 9.17) is 5.11 Å². The van der Waals surface area contributed by atoms with E-state index in [1.54, 1.807) is 47.4 Å². The molecule has 0 saturated heterocycles. The molecule has 0 fully saturated rings. The number of imidazole rings is 1. The molecule has 2 atom stereocenters. The highest BCUT2D eigenvalue weighted by atomic mass is 19.4. The first-order chi connectivity index (χ1) is 16.6. The number of benzene rings is 1. The topological polar surface area (TPSA) is 109 Å². The fraction of sp³-hybridized carbons (Fsp3) is 0.250. The second-order valence-corrected chi connectivity index (χ2v) is 8.15. The van der Waals surface area contributed by atoms with Gasteiger partial charge in [-0.2, -0.15) is 18.3 Å². The number of carboxylic acids is 1. The molecule has 0 saturated carbocycles. The summed E-state index contributed by atoms with van der Waals surface area (Å²) in [7, 11) is 0. The van der Waals surface area contributed by atoms with E-state index in [1.807, 2.05) is 30.4 Å². The van der Waals surface area contributed by atoms with Crippen molar-refractivity contribution in [2.45, 2.75) is 31.5 Å². The predicted octanol–water partition coefficient (Wildman–Crippen LogP) is 4.16. The van der Waals surface area contributed by atoms with Gasteiger partial charge in [0.25, 0.3) is 0 Å². The fourth-order valence-corrected chi connectivity index (χ4v) is 3.69. The SMILES string of the molecule is CC(C(=O)O)c1ccc(-c2cnn3c(C4=CC(NC(=O)NCC(F)(F)F)CC=C4)cnc3c2)cc1. The highest BCUT2D eigenvalue weighted by Gasteiger charge is 2.28. The van der Waals surface area contributed by atoms with Crippen LogP contribution in [0.25, 0.3) is 22.3 Å². The monoisotopic (exact) mass is 485 g/mol. The largest absolute Gasteiger partial charge is 0.481 e. The zero-order chi connectivity index (χ0) is 25.2. The number of carbonyl (C=O) groups excluding carboxylic acids is 1. The number of carboxylic acid groups (broad SMARTS) is 1. The molecular weight excluding hydrogens is 463 g/mol. The fourth-order valence-electron chi connectivity index (χ4n) is 3.69. The van der Waals surface area contributed by atoms with Gasteiger partial charge in [-0.25, -0.2) is 14.3 Å². The minimum Gasteiger partial charge on any atom is -0.481 e. The van der Waals surface area contributed by atoms with Gasteiger partial charge in [-0.05, 0) is 36.1 Å². The molecule has 0 radical (unpaired) electrons. The number of fused-ring (bicyclic) bond motifs is 1. The third-order valence-corrected chi connectivity index (χ3v) is 5.61. The number of rotatable bonds is 6. The van der Waals surface area contributed by atoms with E-state index >= 15 is 0 Å². The number of hydrogen-bond acceptors (Lipinski definition) is 4. The third-order valence-electron chi connectivity index (χ3n) is 5.61. The summed E-state index contributed by atoms with van der Waals surface area (Å²) >= 11 is 0. The van der Waals surface area contributed by atoms with Crippen molar-refractivity contribution < 1.29 is 27.9 Å². The van der Waals surface area contributed by atoms with E-state index in [-0.39, 0.29) is 0 Å². The lowest BCUT2D eigenvalue weighted by Gasteiger charge is -2.19. The molecule has 1 aliphatic rings. The molecule has 2 amide bonds. The van der Waals surface area contributed by atoms with Crippen LogP contribution in [0.5, 0.6) is 0 Å². The van der Waals surface area contributed by atoms with Crippen LogP contribution in [0.4, 0.5) is 18.0 Å². The molecule has 3 aromatic rings. The number of hydrogen-bond donors (Lipinski definition) is 3. The van der Waals surface area contributed by atoms with Crippen molar-refractivity contribution in [1.82, 2.24) is 25.2 Å². The van der Waals surface area contributed by atoms with Gasteiger partial charge in [0.05, 0.1) is 30.0 Å². The molecular formula is C24H22F3N5O3. The number of carbonyl (C=O) groups is 2. The summed E-state index contributed by atoms with van der Waals surface area (Å²) in [5, 5.41) is 18.0. The van der Waals surface area contributed by atoms with Crippen LogP contribution >= 0.6 is 0 Å². The lowest BCUT2D eigenvalue weighted by molar-refractivity contribution is -0.138. The zero-order valence-corrected chi connectivity index (χ0v) is 18.6. The van der Waals surface area contributed by atoms with E-state index < -0.39 is 36.7 Å². The summed E-state index contributed by atoms with van der Waals surface area (Å²) in [5.41, 5.74) is 4.32. The Morgan fingerprint density at radius 2 is 1.94 bits per heavy atom. The van der Waals surface area contributed by atoms with Crippen molar-refractivity contribution in [3.05, 3.63) is 72.2 Å². The summed E-state index contributed by atoms with van der Waals surface area (Å²) in [4.78, 5) is 27.4. The Bertz CT molecular complexity index is 1310. The molecule has 1 aromatic carbocycles. The van der Waals surface area contributed by atoms with Gasteiger partial charge in [-0.15, -0.1) is 0 Å². The number of urea groups is 1. The van der Waals surface area contributed by atoms with Gasteiger partial charge in [0.15, 0.2) is 5.65 Å². The van der Waals surface area contributed by atoms with Crippen LogP contribution in [0.1, 0.15) is 30.5 Å². The minimum absolute atomic E-state index is 0.438. The smallest absolute Gasteiger partial charge is 0.405 e. The second-order valence-electron chi connectivity index (χ2n) is 8.15. The van der Waals surface area contributed by atoms with E-state index in [0.717, 1.165) is 16.7 Å². The van der Waals surface area contributed by atoms with Crippen LogP contribution in [0.3, 0.4) is 0 Å². The number of halogens is 3. The van der Waals surface area contributed by atoms with Gasteiger partial charge in [0.2, 0.25) is 0 Å². The van der Waals surface area contributed by atoms with E-state index in [1.165, 1.54) is 0 Å². The highest BCUT2D eigenvalue weighted by molar-refractivity contribution is 5.79. The Morgan fingerprint density at radius 1 is 1.20 bits per heavy atom. The van der Waals surface area contributed by atoms with Gasteiger partial charge >= 0.3 is 18.2 Å².